The van der Waals surface area contributed by atoms with Crippen LogP contribution < -0.4 is 11.1 Å². The van der Waals surface area contributed by atoms with Crippen LogP contribution in [0.25, 0.3) is 0 Å². The first kappa shape index (κ1) is 12.1. The molecule has 0 saturated heterocycles. The minimum Gasteiger partial charge on any atom is -0.422 e. The van der Waals surface area contributed by atoms with Crippen molar-refractivity contribution in [1.29, 1.82) is 0 Å². The summed E-state index contributed by atoms with van der Waals surface area (Å²) < 4.78 is 5.52. The van der Waals surface area contributed by atoms with E-state index in [1.807, 2.05) is 0 Å². The van der Waals surface area contributed by atoms with Crippen LogP contribution in [0.4, 0.5) is 0 Å². The predicted octanol–water partition coefficient (Wildman–Crippen LogP) is -0.133. The monoisotopic (exact) mass is 189 g/mol. The van der Waals surface area contributed by atoms with Crippen molar-refractivity contribution in [1.82, 2.24) is 5.32 Å². The topological polar surface area (TPSA) is 49.4 Å². The Bertz CT molecular complexity index is 91.1. The van der Waals surface area contributed by atoms with Gasteiger partial charge in [0.2, 0.25) is 0 Å². The molecule has 0 aromatic heterocycles. The molecule has 0 fully saturated rings. The first-order valence-electron chi connectivity index (χ1n) is 4.72. The average Bonchev–Trinajstić information content (AvgIpc) is 2.02. The summed E-state index contributed by atoms with van der Waals surface area (Å²) in [7, 11) is -0.262. The molecule has 0 aromatic carbocycles. The Hall–Kier alpha value is 0.0969. The van der Waals surface area contributed by atoms with Crippen molar-refractivity contribution < 1.29 is 4.43 Å². The third-order valence-corrected chi connectivity index (χ3v) is 3.14. The highest BCUT2D eigenvalue weighted by Crippen LogP contribution is 1.92. The number of rotatable bonds is 8. The first-order valence-corrected chi connectivity index (χ1v) is 6.30. The Morgan fingerprint density at radius 3 is 2.75 bits per heavy atom. The second kappa shape index (κ2) is 9.19. The Morgan fingerprint density at radius 1 is 1.42 bits per heavy atom. The zero-order chi connectivity index (χ0) is 9.23. The molecule has 3 nitrogen and oxygen atoms in total. The van der Waals surface area contributed by atoms with Crippen molar-refractivity contribution in [3.8, 4) is 0 Å². The van der Waals surface area contributed by atoms with E-state index in [4.69, 9.17) is 10.2 Å². The summed E-state index contributed by atoms with van der Waals surface area (Å²) in [5.41, 5.74) is 5.30. The Balaban J connectivity index is 2.82. The molecule has 0 rings (SSSR count). The molecule has 0 aliphatic heterocycles. The highest BCUT2D eigenvalue weighted by Gasteiger charge is 1.93. The molecule has 0 bridgehead atoms. The van der Waals surface area contributed by atoms with Crippen LogP contribution in [0.2, 0.25) is 6.04 Å². The Labute approximate surface area is 78.0 Å². The largest absolute Gasteiger partial charge is 0.422 e. The van der Waals surface area contributed by atoms with Crippen LogP contribution in [-0.2, 0) is 4.43 Å². The fraction of sp³-hybridized carbons (Fsp3) is 1.00. The van der Waals surface area contributed by atoms with Gasteiger partial charge in [-0.2, -0.15) is 0 Å². The summed E-state index contributed by atoms with van der Waals surface area (Å²) in [5.74, 6) is 0. The van der Waals surface area contributed by atoms with Gasteiger partial charge < -0.3 is 10.2 Å². The van der Waals surface area contributed by atoms with Gasteiger partial charge in [-0.3, -0.25) is 0 Å². The zero-order valence-electron chi connectivity index (χ0n) is 8.25. The molecular formula is C8H21N2OSi. The lowest BCUT2D eigenvalue weighted by atomic mass is 10.5. The lowest BCUT2D eigenvalue weighted by Gasteiger charge is -2.06. The van der Waals surface area contributed by atoms with Crippen LogP contribution in [0.1, 0.15) is 20.3 Å². The first-order chi connectivity index (χ1) is 5.77. The maximum atomic E-state index is 5.52. The van der Waals surface area contributed by atoms with Crippen molar-refractivity contribution in [2.24, 2.45) is 5.73 Å². The van der Waals surface area contributed by atoms with Crippen LogP contribution in [0.5, 0.6) is 0 Å². The molecule has 0 aromatic rings. The second-order valence-electron chi connectivity index (χ2n) is 3.09. The fourth-order valence-electron chi connectivity index (χ4n) is 0.848. The normalized spacial score (nSPS) is 12.0. The predicted molar refractivity (Wildman–Crippen MR) is 55.1 cm³/mol. The van der Waals surface area contributed by atoms with Crippen molar-refractivity contribution in [2.45, 2.75) is 32.4 Å². The van der Waals surface area contributed by atoms with Crippen molar-refractivity contribution in [3.05, 3.63) is 0 Å². The molecule has 1 radical (unpaired) electrons. The number of nitrogens with two attached hydrogens (primary N) is 1. The summed E-state index contributed by atoms with van der Waals surface area (Å²) in [5, 5.41) is 4.25. The minimum atomic E-state index is -0.262. The summed E-state index contributed by atoms with van der Waals surface area (Å²) >= 11 is 0. The standard InChI is InChI=1S/C8H21N2OSi/c1-8(2)11-12-7-3-5-10-6-4-9/h8H,3-7,9,12H2,1-2H3. The summed E-state index contributed by atoms with van der Waals surface area (Å²) in [6.45, 7) is 6.63. The summed E-state index contributed by atoms with van der Waals surface area (Å²) in [4.78, 5) is 0. The molecule has 0 amide bonds. The number of hydrogen-bond donors (Lipinski definition) is 1. The third kappa shape index (κ3) is 10.1. The van der Waals surface area contributed by atoms with Crippen LogP contribution in [0.15, 0.2) is 0 Å². The van der Waals surface area contributed by atoms with Crippen molar-refractivity contribution in [2.75, 3.05) is 19.6 Å². The van der Waals surface area contributed by atoms with Gasteiger partial charge in [0.25, 0.3) is 0 Å². The van der Waals surface area contributed by atoms with E-state index in [9.17, 15) is 0 Å². The zero-order valence-corrected chi connectivity index (χ0v) is 9.67. The molecule has 4 heteroatoms. The van der Waals surface area contributed by atoms with Crippen LogP contribution in [-0.4, -0.2) is 35.5 Å². The number of hydrogen-bond acceptors (Lipinski definition) is 2. The molecule has 0 unspecified atom stereocenters. The van der Waals surface area contributed by atoms with Crippen LogP contribution in [0, 0.1) is 0 Å². The maximum absolute atomic E-state index is 5.52. The quantitative estimate of drug-likeness (QED) is 0.427. The van der Waals surface area contributed by atoms with E-state index >= 15 is 0 Å². The molecule has 0 aliphatic carbocycles. The van der Waals surface area contributed by atoms with Crippen molar-refractivity contribution in [3.63, 3.8) is 0 Å². The van der Waals surface area contributed by atoms with Crippen molar-refractivity contribution >= 4 is 9.76 Å². The SMILES string of the molecule is CC(C)O[SiH2]CCC[N]CCN. The Morgan fingerprint density at radius 2 is 2.17 bits per heavy atom. The molecule has 12 heavy (non-hydrogen) atoms. The van der Waals surface area contributed by atoms with Gasteiger partial charge in [-0.15, -0.1) is 0 Å². The second-order valence-corrected chi connectivity index (χ2v) is 4.53. The van der Waals surface area contributed by atoms with Gasteiger partial charge in [-0.1, -0.05) is 0 Å². The van der Waals surface area contributed by atoms with E-state index in [0.717, 1.165) is 13.1 Å². The fourth-order valence-corrected chi connectivity index (χ4v) is 1.91. The number of nitrogens with zero attached hydrogens (tertiary/aromatic N) is 1. The molecule has 0 spiro atoms. The summed E-state index contributed by atoms with van der Waals surface area (Å²) in [6.07, 6.45) is 1.59. The van der Waals surface area contributed by atoms with Gasteiger partial charge in [0.15, 0.2) is 9.76 Å². The van der Waals surface area contributed by atoms with Gasteiger partial charge in [0, 0.05) is 25.7 Å². The smallest absolute Gasteiger partial charge is 0.161 e. The van der Waals surface area contributed by atoms with E-state index in [1.165, 1.54) is 12.5 Å². The molecule has 0 heterocycles. The van der Waals surface area contributed by atoms with E-state index in [2.05, 4.69) is 19.2 Å². The molecule has 0 saturated carbocycles. The highest BCUT2D eigenvalue weighted by atomic mass is 28.2. The van der Waals surface area contributed by atoms with Gasteiger partial charge in [-0.25, -0.2) is 5.32 Å². The molecule has 73 valence electrons. The van der Waals surface area contributed by atoms with E-state index in [-0.39, 0.29) is 9.76 Å². The molecular weight excluding hydrogens is 168 g/mol. The lowest BCUT2D eigenvalue weighted by molar-refractivity contribution is 0.255. The average molecular weight is 189 g/mol. The molecule has 2 N–H and O–H groups in total. The molecule has 0 aliphatic rings. The van der Waals surface area contributed by atoms with E-state index < -0.39 is 0 Å². The van der Waals surface area contributed by atoms with Crippen LogP contribution in [0.3, 0.4) is 0 Å². The van der Waals surface area contributed by atoms with Gasteiger partial charge >= 0.3 is 0 Å². The highest BCUT2D eigenvalue weighted by molar-refractivity contribution is 6.27. The molecule has 0 atom stereocenters. The van der Waals surface area contributed by atoms with Crippen LogP contribution >= 0.6 is 0 Å². The van der Waals surface area contributed by atoms with E-state index in [1.54, 1.807) is 0 Å². The van der Waals surface area contributed by atoms with Gasteiger partial charge in [0.1, 0.15) is 0 Å². The van der Waals surface area contributed by atoms with Gasteiger partial charge in [0.05, 0.1) is 0 Å². The Kier molecular flexibility index (Phi) is 9.26. The van der Waals surface area contributed by atoms with E-state index in [0.29, 0.717) is 12.6 Å². The third-order valence-electron chi connectivity index (χ3n) is 1.45. The van der Waals surface area contributed by atoms with Gasteiger partial charge in [-0.05, 0) is 26.3 Å². The lowest BCUT2D eigenvalue weighted by Crippen LogP contribution is -2.17. The minimum absolute atomic E-state index is 0.262. The maximum Gasteiger partial charge on any atom is 0.161 e. The summed E-state index contributed by atoms with van der Waals surface area (Å²) in [6, 6.07) is 1.24.